The Labute approximate surface area is 156 Å². The van der Waals surface area contributed by atoms with Gasteiger partial charge in [0.05, 0.1) is 25.4 Å². The van der Waals surface area contributed by atoms with Crippen molar-refractivity contribution in [1.29, 1.82) is 0 Å². The van der Waals surface area contributed by atoms with E-state index in [1.54, 1.807) is 0 Å². The summed E-state index contributed by atoms with van der Waals surface area (Å²) in [6.07, 6.45) is -0.195. The first-order valence-corrected chi connectivity index (χ1v) is 10.7. The second-order valence-corrected chi connectivity index (χ2v) is 8.76. The molecule has 0 aromatic heterocycles. The first-order chi connectivity index (χ1) is 12.5. The van der Waals surface area contributed by atoms with E-state index in [1.807, 2.05) is 44.2 Å². The van der Waals surface area contributed by atoms with E-state index in [0.717, 1.165) is 18.7 Å². The van der Waals surface area contributed by atoms with Crippen LogP contribution in [0, 0.1) is 0 Å². The van der Waals surface area contributed by atoms with Crippen molar-refractivity contribution in [3.05, 3.63) is 35.9 Å². The second-order valence-electron chi connectivity index (χ2n) is 7.00. The van der Waals surface area contributed by atoms with Crippen LogP contribution in [0.2, 0.25) is 0 Å². The molecule has 2 aliphatic rings. The molecule has 2 heterocycles. The van der Waals surface area contributed by atoms with Gasteiger partial charge in [-0.25, -0.2) is 4.72 Å². The van der Waals surface area contributed by atoms with Gasteiger partial charge < -0.3 is 9.47 Å². The predicted octanol–water partition coefficient (Wildman–Crippen LogP) is 1.00. The number of rotatable bonds is 6. The number of morpholine rings is 2. The molecule has 0 radical (unpaired) electrons. The molecule has 2 fully saturated rings. The Balaban J connectivity index is 1.70. The lowest BCUT2D eigenvalue weighted by molar-refractivity contribution is -0.0444. The highest BCUT2D eigenvalue weighted by Crippen LogP contribution is 2.22. The molecular weight excluding hydrogens is 354 g/mol. The molecule has 3 unspecified atom stereocenters. The maximum absolute atomic E-state index is 12.8. The summed E-state index contributed by atoms with van der Waals surface area (Å²) in [6.45, 7) is 7.85. The molecule has 7 nitrogen and oxygen atoms in total. The summed E-state index contributed by atoms with van der Waals surface area (Å²) in [5.41, 5.74) is 1.11. The summed E-state index contributed by atoms with van der Waals surface area (Å²) in [6, 6.07) is 10.0. The van der Waals surface area contributed by atoms with Crippen molar-refractivity contribution in [2.75, 3.05) is 45.9 Å². The van der Waals surface area contributed by atoms with Crippen molar-refractivity contribution in [2.45, 2.75) is 32.1 Å². The van der Waals surface area contributed by atoms with Crippen LogP contribution >= 0.6 is 0 Å². The molecular formula is C18H29N3O4S. The van der Waals surface area contributed by atoms with E-state index in [2.05, 4.69) is 9.62 Å². The average Bonchev–Trinajstić information content (AvgIpc) is 2.63. The van der Waals surface area contributed by atoms with Crippen molar-refractivity contribution < 1.29 is 17.9 Å². The monoisotopic (exact) mass is 383 g/mol. The third-order valence-corrected chi connectivity index (χ3v) is 6.37. The van der Waals surface area contributed by atoms with Crippen LogP contribution in [0.15, 0.2) is 30.3 Å². The van der Waals surface area contributed by atoms with Gasteiger partial charge in [-0.1, -0.05) is 30.3 Å². The first kappa shape index (κ1) is 19.7. The van der Waals surface area contributed by atoms with Gasteiger partial charge in [-0.05, 0) is 19.4 Å². The fraction of sp³-hybridized carbons (Fsp3) is 0.667. The highest BCUT2D eigenvalue weighted by atomic mass is 32.2. The van der Waals surface area contributed by atoms with Crippen LogP contribution in [0.5, 0.6) is 0 Å². The minimum absolute atomic E-state index is 0.00855. The molecule has 1 aromatic rings. The van der Waals surface area contributed by atoms with E-state index in [-0.39, 0.29) is 18.2 Å². The van der Waals surface area contributed by atoms with E-state index < -0.39 is 10.2 Å². The topological polar surface area (TPSA) is 71.1 Å². The average molecular weight is 384 g/mol. The molecule has 0 saturated carbocycles. The Morgan fingerprint density at radius 1 is 1.12 bits per heavy atom. The van der Waals surface area contributed by atoms with Gasteiger partial charge in [-0.15, -0.1) is 0 Å². The first-order valence-electron chi connectivity index (χ1n) is 9.22. The van der Waals surface area contributed by atoms with Gasteiger partial charge in [0.1, 0.15) is 0 Å². The van der Waals surface area contributed by atoms with Crippen molar-refractivity contribution in [3.63, 3.8) is 0 Å². The van der Waals surface area contributed by atoms with Crippen LogP contribution in [0.3, 0.4) is 0 Å². The lowest BCUT2D eigenvalue weighted by Crippen LogP contribution is -2.53. The number of nitrogens with zero attached hydrogens (tertiary/aromatic N) is 2. The van der Waals surface area contributed by atoms with Crippen molar-refractivity contribution in [3.8, 4) is 0 Å². The molecule has 8 heteroatoms. The molecule has 1 aromatic carbocycles. The molecule has 0 amide bonds. The zero-order valence-electron chi connectivity index (χ0n) is 15.5. The number of hydrogen-bond acceptors (Lipinski definition) is 5. The SMILES string of the molecule is CC1CN(S(=O)(=O)NCC(c2ccccc2)N2CCOCC2)CC(C)O1. The largest absolute Gasteiger partial charge is 0.379 e. The van der Waals surface area contributed by atoms with E-state index in [0.29, 0.717) is 32.8 Å². The van der Waals surface area contributed by atoms with E-state index in [9.17, 15) is 8.42 Å². The number of ether oxygens (including phenoxy) is 2. The Hall–Kier alpha value is -1.03. The van der Waals surface area contributed by atoms with Crippen LogP contribution < -0.4 is 4.72 Å². The lowest BCUT2D eigenvalue weighted by Gasteiger charge is -2.37. The number of benzene rings is 1. The molecule has 0 bridgehead atoms. The summed E-state index contributed by atoms with van der Waals surface area (Å²) in [7, 11) is -3.55. The van der Waals surface area contributed by atoms with Crippen LogP contribution in [-0.4, -0.2) is 75.8 Å². The maximum atomic E-state index is 12.8. The van der Waals surface area contributed by atoms with Crippen LogP contribution in [-0.2, 0) is 19.7 Å². The molecule has 2 saturated heterocycles. The van der Waals surface area contributed by atoms with Gasteiger partial charge in [-0.2, -0.15) is 12.7 Å². The standard InChI is InChI=1S/C18H29N3O4S/c1-15-13-21(14-16(2)25-15)26(22,23)19-12-18(17-6-4-3-5-7-17)20-8-10-24-11-9-20/h3-7,15-16,18-19H,8-14H2,1-2H3. The molecule has 2 aliphatic heterocycles. The van der Waals surface area contributed by atoms with Crippen molar-refractivity contribution in [1.82, 2.24) is 13.9 Å². The smallest absolute Gasteiger partial charge is 0.279 e. The van der Waals surface area contributed by atoms with Crippen LogP contribution in [0.4, 0.5) is 0 Å². The quantitative estimate of drug-likeness (QED) is 0.794. The molecule has 3 rings (SSSR count). The predicted molar refractivity (Wildman–Crippen MR) is 100 cm³/mol. The van der Waals surface area contributed by atoms with Gasteiger partial charge >= 0.3 is 0 Å². The zero-order valence-corrected chi connectivity index (χ0v) is 16.3. The van der Waals surface area contributed by atoms with Crippen LogP contribution in [0.25, 0.3) is 0 Å². The highest BCUT2D eigenvalue weighted by molar-refractivity contribution is 7.87. The summed E-state index contributed by atoms with van der Waals surface area (Å²) in [5, 5.41) is 0. The minimum atomic E-state index is -3.55. The molecule has 26 heavy (non-hydrogen) atoms. The highest BCUT2D eigenvalue weighted by Gasteiger charge is 2.32. The molecule has 3 atom stereocenters. The Morgan fingerprint density at radius 3 is 2.35 bits per heavy atom. The van der Waals surface area contributed by atoms with Gasteiger partial charge in [0.15, 0.2) is 0 Å². The van der Waals surface area contributed by atoms with Crippen molar-refractivity contribution >= 4 is 10.2 Å². The van der Waals surface area contributed by atoms with Gasteiger partial charge in [0.25, 0.3) is 10.2 Å². The van der Waals surface area contributed by atoms with Gasteiger partial charge in [0.2, 0.25) is 0 Å². The molecule has 0 spiro atoms. The fourth-order valence-corrected chi connectivity index (χ4v) is 4.99. The number of hydrogen-bond donors (Lipinski definition) is 1. The summed E-state index contributed by atoms with van der Waals surface area (Å²) < 4.78 is 41.0. The molecule has 1 N–H and O–H groups in total. The summed E-state index contributed by atoms with van der Waals surface area (Å²) in [5.74, 6) is 0. The van der Waals surface area contributed by atoms with E-state index >= 15 is 0 Å². The zero-order chi connectivity index (χ0) is 18.6. The minimum Gasteiger partial charge on any atom is -0.379 e. The maximum Gasteiger partial charge on any atom is 0.279 e. The van der Waals surface area contributed by atoms with Gasteiger partial charge in [0, 0.05) is 38.8 Å². The Bertz CT molecular complexity index is 654. The molecule has 146 valence electrons. The third-order valence-electron chi connectivity index (χ3n) is 4.86. The van der Waals surface area contributed by atoms with Crippen LogP contribution in [0.1, 0.15) is 25.5 Å². The summed E-state index contributed by atoms with van der Waals surface area (Å²) in [4.78, 5) is 2.28. The Kier molecular flexibility index (Phi) is 6.65. The summed E-state index contributed by atoms with van der Waals surface area (Å²) >= 11 is 0. The number of nitrogens with one attached hydrogen (secondary N) is 1. The van der Waals surface area contributed by atoms with E-state index in [4.69, 9.17) is 9.47 Å². The lowest BCUT2D eigenvalue weighted by atomic mass is 10.1. The fourth-order valence-electron chi connectivity index (χ4n) is 3.62. The van der Waals surface area contributed by atoms with E-state index in [1.165, 1.54) is 4.31 Å². The second kappa shape index (κ2) is 8.77. The normalized spacial score (nSPS) is 27.3. The molecule has 0 aliphatic carbocycles. The van der Waals surface area contributed by atoms with Crippen molar-refractivity contribution in [2.24, 2.45) is 0 Å². The Morgan fingerprint density at radius 2 is 1.73 bits per heavy atom. The third kappa shape index (κ3) is 5.03. The van der Waals surface area contributed by atoms with Gasteiger partial charge in [-0.3, -0.25) is 4.90 Å².